The third kappa shape index (κ3) is 3.52. The number of methoxy groups -OCH3 is 1. The third-order valence-corrected chi connectivity index (χ3v) is 6.79. The van der Waals surface area contributed by atoms with Crippen molar-refractivity contribution in [2.45, 2.75) is 23.5 Å². The molecular formula is C13H19ClN2OS2. The second-order valence-corrected chi connectivity index (χ2v) is 7.63. The minimum absolute atomic E-state index is 0.110. The average molecular weight is 319 g/mol. The lowest BCUT2D eigenvalue weighted by molar-refractivity contribution is 0.413. The zero-order valence-electron chi connectivity index (χ0n) is 11.1. The maximum atomic E-state index is 6.07. The van der Waals surface area contributed by atoms with Crippen LogP contribution in [-0.2, 0) is 0 Å². The molecule has 1 aromatic rings. The zero-order valence-corrected chi connectivity index (χ0v) is 13.4. The van der Waals surface area contributed by atoms with Gasteiger partial charge in [-0.1, -0.05) is 24.6 Å². The van der Waals surface area contributed by atoms with Crippen LogP contribution >= 0.6 is 35.1 Å². The van der Waals surface area contributed by atoms with Gasteiger partial charge < -0.3 is 4.74 Å². The fourth-order valence-corrected chi connectivity index (χ4v) is 5.39. The van der Waals surface area contributed by atoms with Crippen molar-refractivity contribution in [3.05, 3.63) is 28.8 Å². The van der Waals surface area contributed by atoms with Crippen LogP contribution in [0, 0.1) is 0 Å². The van der Waals surface area contributed by atoms with Gasteiger partial charge in [0.05, 0.1) is 18.2 Å². The number of thioether (sulfide) groups is 2. The molecule has 2 rings (SSSR count). The molecule has 6 heteroatoms. The van der Waals surface area contributed by atoms with Gasteiger partial charge in [0.1, 0.15) is 5.75 Å². The minimum Gasteiger partial charge on any atom is -0.495 e. The number of hydrogen-bond acceptors (Lipinski definition) is 5. The molecule has 0 amide bonds. The molecule has 0 aromatic heterocycles. The molecule has 1 aliphatic rings. The van der Waals surface area contributed by atoms with Crippen molar-refractivity contribution in [1.29, 1.82) is 0 Å². The van der Waals surface area contributed by atoms with Gasteiger partial charge in [0, 0.05) is 22.0 Å². The molecule has 106 valence electrons. The second kappa shape index (κ2) is 7.09. The molecule has 1 saturated heterocycles. The van der Waals surface area contributed by atoms with Crippen LogP contribution < -0.4 is 16.0 Å². The van der Waals surface area contributed by atoms with Crippen LogP contribution in [0.15, 0.2) is 18.2 Å². The first-order valence-corrected chi connectivity index (χ1v) is 8.67. The van der Waals surface area contributed by atoms with E-state index in [1.54, 1.807) is 7.11 Å². The molecule has 0 bridgehead atoms. The predicted molar refractivity (Wildman–Crippen MR) is 86.2 cm³/mol. The fourth-order valence-electron chi connectivity index (χ4n) is 2.27. The molecule has 3 nitrogen and oxygen atoms in total. The Labute approximate surface area is 128 Å². The Morgan fingerprint density at radius 2 is 2.16 bits per heavy atom. The summed E-state index contributed by atoms with van der Waals surface area (Å²) in [6.07, 6.45) is 0. The van der Waals surface area contributed by atoms with Crippen molar-refractivity contribution < 1.29 is 4.74 Å². The van der Waals surface area contributed by atoms with Crippen LogP contribution in [0.3, 0.4) is 0 Å². The van der Waals surface area contributed by atoms with Crippen molar-refractivity contribution in [1.82, 2.24) is 5.43 Å². The standard InChI is InChI=1S/C13H19ClN2OS2/c1-8-13(19-6-5-18-8)12(16-15)9-3-4-10(14)11(7-9)17-2/h3-4,7-8,12-13,16H,5-6,15H2,1-2H3. The second-order valence-electron chi connectivity index (χ2n) is 4.45. The molecule has 1 aliphatic heterocycles. The summed E-state index contributed by atoms with van der Waals surface area (Å²) in [4.78, 5) is 0. The topological polar surface area (TPSA) is 47.3 Å². The highest BCUT2D eigenvalue weighted by Gasteiger charge is 2.31. The largest absolute Gasteiger partial charge is 0.495 e. The number of benzene rings is 1. The van der Waals surface area contributed by atoms with Gasteiger partial charge in [-0.05, 0) is 17.7 Å². The van der Waals surface area contributed by atoms with Gasteiger partial charge >= 0.3 is 0 Å². The van der Waals surface area contributed by atoms with Gasteiger partial charge in [-0.15, -0.1) is 0 Å². The fraction of sp³-hybridized carbons (Fsp3) is 0.538. The highest BCUT2D eigenvalue weighted by atomic mass is 35.5. The van der Waals surface area contributed by atoms with E-state index in [4.69, 9.17) is 22.2 Å². The Morgan fingerprint density at radius 1 is 1.42 bits per heavy atom. The summed E-state index contributed by atoms with van der Waals surface area (Å²) in [7, 11) is 1.63. The molecule has 1 fully saturated rings. The highest BCUT2D eigenvalue weighted by Crippen LogP contribution is 2.39. The molecule has 3 unspecified atom stereocenters. The van der Waals surface area contributed by atoms with Crippen LogP contribution in [-0.4, -0.2) is 29.1 Å². The van der Waals surface area contributed by atoms with E-state index in [-0.39, 0.29) is 6.04 Å². The molecule has 3 atom stereocenters. The van der Waals surface area contributed by atoms with E-state index >= 15 is 0 Å². The first-order valence-electron chi connectivity index (χ1n) is 6.20. The third-order valence-electron chi connectivity index (χ3n) is 3.28. The Kier molecular flexibility index (Phi) is 5.71. The van der Waals surface area contributed by atoms with Crippen LogP contribution in [0.4, 0.5) is 0 Å². The molecule has 0 spiro atoms. The number of rotatable bonds is 4. The van der Waals surface area contributed by atoms with E-state index in [9.17, 15) is 0 Å². The first kappa shape index (κ1) is 15.3. The molecule has 1 heterocycles. The van der Waals surface area contributed by atoms with E-state index in [0.29, 0.717) is 21.3 Å². The summed E-state index contributed by atoms with van der Waals surface area (Å²) in [5.41, 5.74) is 4.08. The average Bonchev–Trinajstić information content (AvgIpc) is 2.43. The van der Waals surface area contributed by atoms with E-state index in [1.165, 1.54) is 11.5 Å². The van der Waals surface area contributed by atoms with Gasteiger partial charge in [-0.2, -0.15) is 23.5 Å². The summed E-state index contributed by atoms with van der Waals surface area (Å²) in [6.45, 7) is 2.26. The first-order chi connectivity index (χ1) is 9.17. The van der Waals surface area contributed by atoms with E-state index < -0.39 is 0 Å². The maximum Gasteiger partial charge on any atom is 0.137 e. The van der Waals surface area contributed by atoms with Crippen LogP contribution in [0.2, 0.25) is 5.02 Å². The molecule has 0 radical (unpaired) electrons. The van der Waals surface area contributed by atoms with Crippen LogP contribution in [0.5, 0.6) is 5.75 Å². The number of nitrogens with two attached hydrogens (primary N) is 1. The maximum absolute atomic E-state index is 6.07. The lowest BCUT2D eigenvalue weighted by atomic mass is 10.0. The normalized spacial score (nSPS) is 25.1. The van der Waals surface area contributed by atoms with E-state index in [0.717, 1.165) is 5.56 Å². The van der Waals surface area contributed by atoms with Gasteiger partial charge in [0.25, 0.3) is 0 Å². The Hall–Kier alpha value is -0.0700. The monoisotopic (exact) mass is 318 g/mol. The summed E-state index contributed by atoms with van der Waals surface area (Å²) >= 11 is 10.1. The number of halogens is 1. The minimum atomic E-state index is 0.110. The predicted octanol–water partition coefficient (Wildman–Crippen LogP) is 3.09. The van der Waals surface area contributed by atoms with Crippen molar-refractivity contribution in [2.75, 3.05) is 18.6 Å². The number of nitrogens with one attached hydrogen (secondary N) is 1. The quantitative estimate of drug-likeness (QED) is 0.660. The van der Waals surface area contributed by atoms with Gasteiger partial charge in [0.15, 0.2) is 0 Å². The lowest BCUT2D eigenvalue weighted by Crippen LogP contribution is -2.40. The number of hydrogen-bond donors (Lipinski definition) is 2. The molecule has 1 aromatic carbocycles. The van der Waals surface area contributed by atoms with Crippen molar-refractivity contribution in [3.8, 4) is 5.75 Å². The van der Waals surface area contributed by atoms with Crippen molar-refractivity contribution in [3.63, 3.8) is 0 Å². The van der Waals surface area contributed by atoms with Crippen molar-refractivity contribution in [2.24, 2.45) is 5.84 Å². The summed E-state index contributed by atoms with van der Waals surface area (Å²) < 4.78 is 5.28. The van der Waals surface area contributed by atoms with Gasteiger partial charge in [-0.3, -0.25) is 11.3 Å². The Morgan fingerprint density at radius 3 is 2.79 bits per heavy atom. The van der Waals surface area contributed by atoms with Crippen LogP contribution in [0.1, 0.15) is 18.5 Å². The number of hydrazine groups is 1. The summed E-state index contributed by atoms with van der Waals surface area (Å²) in [5.74, 6) is 8.86. The number of ether oxygens (including phenoxy) is 1. The Balaban J connectivity index is 2.25. The van der Waals surface area contributed by atoms with E-state index in [1.807, 2.05) is 41.7 Å². The molecular weight excluding hydrogens is 300 g/mol. The molecule has 0 aliphatic carbocycles. The Bertz CT molecular complexity index is 433. The van der Waals surface area contributed by atoms with Crippen molar-refractivity contribution >= 4 is 35.1 Å². The molecule has 19 heavy (non-hydrogen) atoms. The lowest BCUT2D eigenvalue weighted by Gasteiger charge is -2.34. The van der Waals surface area contributed by atoms with E-state index in [2.05, 4.69) is 12.3 Å². The van der Waals surface area contributed by atoms with Gasteiger partial charge in [0.2, 0.25) is 0 Å². The highest BCUT2D eigenvalue weighted by molar-refractivity contribution is 8.07. The molecule has 0 saturated carbocycles. The van der Waals surface area contributed by atoms with Gasteiger partial charge in [-0.25, -0.2) is 0 Å². The van der Waals surface area contributed by atoms with Crippen LogP contribution in [0.25, 0.3) is 0 Å². The SMILES string of the molecule is COc1cc(C(NN)C2SCCSC2C)ccc1Cl. The summed E-state index contributed by atoms with van der Waals surface area (Å²) in [6, 6.07) is 5.96. The zero-order chi connectivity index (χ0) is 13.8. The molecule has 3 N–H and O–H groups in total. The smallest absolute Gasteiger partial charge is 0.137 e. The summed E-state index contributed by atoms with van der Waals surface area (Å²) in [5, 5.41) is 1.65.